The Morgan fingerprint density at radius 2 is 2.05 bits per heavy atom. The van der Waals surface area contributed by atoms with E-state index in [0.717, 1.165) is 39.3 Å². The molecule has 1 aromatic carbocycles. The highest BCUT2D eigenvalue weighted by Crippen LogP contribution is 2.09. The second-order valence-corrected chi connectivity index (χ2v) is 5.45. The van der Waals surface area contributed by atoms with Crippen LogP contribution in [-0.2, 0) is 4.74 Å². The van der Waals surface area contributed by atoms with Crippen LogP contribution in [0.1, 0.15) is 12.5 Å². The van der Waals surface area contributed by atoms with Crippen molar-refractivity contribution < 1.29 is 4.74 Å². The van der Waals surface area contributed by atoms with Gasteiger partial charge in [-0.1, -0.05) is 42.5 Å². The highest BCUT2D eigenvalue weighted by molar-refractivity contribution is 5.48. The molecule has 0 spiro atoms. The zero-order valence-electron chi connectivity index (χ0n) is 12.7. The molecule has 2 rings (SSSR count). The Morgan fingerprint density at radius 3 is 2.75 bits per heavy atom. The molecular formula is C17H26N2O. The van der Waals surface area contributed by atoms with E-state index in [-0.39, 0.29) is 0 Å². The molecule has 1 saturated heterocycles. The minimum absolute atomic E-state index is 0.615. The van der Waals surface area contributed by atoms with Gasteiger partial charge in [0.15, 0.2) is 0 Å². The third-order valence-corrected chi connectivity index (χ3v) is 3.91. The van der Waals surface area contributed by atoms with E-state index in [0.29, 0.717) is 6.04 Å². The molecule has 0 aliphatic carbocycles. The van der Waals surface area contributed by atoms with Gasteiger partial charge in [-0.05, 0) is 12.5 Å². The van der Waals surface area contributed by atoms with Gasteiger partial charge in [0.05, 0.1) is 6.61 Å². The minimum Gasteiger partial charge on any atom is -0.383 e. The zero-order chi connectivity index (χ0) is 14.2. The van der Waals surface area contributed by atoms with E-state index in [1.165, 1.54) is 5.56 Å². The quantitative estimate of drug-likeness (QED) is 0.792. The van der Waals surface area contributed by atoms with Crippen molar-refractivity contribution in [1.29, 1.82) is 0 Å². The molecule has 0 bridgehead atoms. The Morgan fingerprint density at radius 1 is 1.25 bits per heavy atom. The molecule has 3 heteroatoms. The molecule has 1 atom stereocenters. The molecule has 1 heterocycles. The normalized spacial score (nSPS) is 21.6. The first-order valence-electron chi connectivity index (χ1n) is 7.46. The van der Waals surface area contributed by atoms with Crippen molar-refractivity contribution in [2.75, 3.05) is 46.4 Å². The predicted molar refractivity (Wildman–Crippen MR) is 84.8 cm³/mol. The van der Waals surface area contributed by atoms with Crippen LogP contribution in [0.3, 0.4) is 0 Å². The Kier molecular flexibility index (Phi) is 6.25. The van der Waals surface area contributed by atoms with Crippen molar-refractivity contribution in [2.45, 2.75) is 13.0 Å². The van der Waals surface area contributed by atoms with Crippen LogP contribution < -0.4 is 0 Å². The van der Waals surface area contributed by atoms with E-state index in [2.05, 4.69) is 59.2 Å². The maximum Gasteiger partial charge on any atom is 0.0589 e. The largest absolute Gasteiger partial charge is 0.383 e. The molecule has 1 aliphatic heterocycles. The SMILES string of the molecule is COCCN1CCN(C/C=C\c2ccccc2)C[C@@H]1C. The number of rotatable bonds is 6. The van der Waals surface area contributed by atoms with Crippen LogP contribution >= 0.6 is 0 Å². The van der Waals surface area contributed by atoms with Gasteiger partial charge in [0.25, 0.3) is 0 Å². The average Bonchev–Trinajstić information content (AvgIpc) is 2.47. The molecule has 1 aliphatic rings. The van der Waals surface area contributed by atoms with Gasteiger partial charge >= 0.3 is 0 Å². The van der Waals surface area contributed by atoms with E-state index in [1.807, 2.05) is 0 Å². The van der Waals surface area contributed by atoms with E-state index >= 15 is 0 Å². The Bertz CT molecular complexity index is 405. The maximum atomic E-state index is 5.17. The molecule has 0 unspecified atom stereocenters. The molecule has 110 valence electrons. The summed E-state index contributed by atoms with van der Waals surface area (Å²) < 4.78 is 5.17. The summed E-state index contributed by atoms with van der Waals surface area (Å²) in [5, 5.41) is 0. The standard InChI is InChI=1S/C17H26N2O/c1-16-15-18(11-12-19(16)13-14-20-2)10-6-9-17-7-4-3-5-8-17/h3-9,16H,10-15H2,1-2H3/b9-6-/t16-/m0/s1. The first-order valence-corrected chi connectivity index (χ1v) is 7.46. The number of piperazine rings is 1. The summed E-state index contributed by atoms with van der Waals surface area (Å²) in [7, 11) is 1.77. The van der Waals surface area contributed by atoms with Gasteiger partial charge < -0.3 is 4.74 Å². The minimum atomic E-state index is 0.615. The molecule has 1 fully saturated rings. The lowest BCUT2D eigenvalue weighted by Gasteiger charge is -2.39. The van der Waals surface area contributed by atoms with Crippen molar-refractivity contribution in [2.24, 2.45) is 0 Å². The molecule has 3 nitrogen and oxygen atoms in total. The molecule has 0 amide bonds. The summed E-state index contributed by atoms with van der Waals surface area (Å²) in [5.41, 5.74) is 1.28. The third-order valence-electron chi connectivity index (χ3n) is 3.91. The van der Waals surface area contributed by atoms with Crippen LogP contribution in [0.25, 0.3) is 6.08 Å². The summed E-state index contributed by atoms with van der Waals surface area (Å²) in [5.74, 6) is 0. The summed E-state index contributed by atoms with van der Waals surface area (Å²) >= 11 is 0. The molecule has 0 N–H and O–H groups in total. The molecule has 0 aromatic heterocycles. The van der Waals surface area contributed by atoms with Crippen LogP contribution in [-0.4, -0.2) is 62.3 Å². The van der Waals surface area contributed by atoms with Gasteiger partial charge in [0, 0.05) is 45.9 Å². The van der Waals surface area contributed by atoms with Crippen molar-refractivity contribution in [3.05, 3.63) is 42.0 Å². The van der Waals surface area contributed by atoms with Crippen LogP contribution in [0, 0.1) is 0 Å². The van der Waals surface area contributed by atoms with Gasteiger partial charge in [-0.2, -0.15) is 0 Å². The smallest absolute Gasteiger partial charge is 0.0589 e. The first-order chi connectivity index (χ1) is 9.79. The van der Waals surface area contributed by atoms with Crippen LogP contribution in [0.4, 0.5) is 0 Å². The Labute approximate surface area is 122 Å². The summed E-state index contributed by atoms with van der Waals surface area (Å²) in [6.45, 7) is 8.66. The van der Waals surface area contributed by atoms with E-state index < -0.39 is 0 Å². The zero-order valence-corrected chi connectivity index (χ0v) is 12.7. The summed E-state index contributed by atoms with van der Waals surface area (Å²) in [6, 6.07) is 11.1. The number of nitrogens with zero attached hydrogens (tertiary/aromatic N) is 2. The molecule has 0 saturated carbocycles. The highest BCUT2D eigenvalue weighted by Gasteiger charge is 2.22. The van der Waals surface area contributed by atoms with Gasteiger partial charge in [-0.15, -0.1) is 0 Å². The Balaban J connectivity index is 1.74. The van der Waals surface area contributed by atoms with Gasteiger partial charge in [0.1, 0.15) is 0 Å². The number of hydrogen-bond donors (Lipinski definition) is 0. The fourth-order valence-electron chi connectivity index (χ4n) is 2.68. The number of benzene rings is 1. The lowest BCUT2D eigenvalue weighted by atomic mass is 10.2. The van der Waals surface area contributed by atoms with Crippen LogP contribution in [0.15, 0.2) is 36.4 Å². The molecule has 20 heavy (non-hydrogen) atoms. The van der Waals surface area contributed by atoms with Gasteiger partial charge in [-0.3, -0.25) is 9.80 Å². The Hall–Kier alpha value is -1.16. The lowest BCUT2D eigenvalue weighted by molar-refractivity contribution is 0.0642. The first kappa shape index (κ1) is 15.2. The molecule has 0 radical (unpaired) electrons. The van der Waals surface area contributed by atoms with Crippen molar-refractivity contribution in [3.8, 4) is 0 Å². The van der Waals surface area contributed by atoms with Crippen molar-refractivity contribution in [3.63, 3.8) is 0 Å². The molecule has 1 aromatic rings. The van der Waals surface area contributed by atoms with Crippen LogP contribution in [0.5, 0.6) is 0 Å². The van der Waals surface area contributed by atoms with Crippen molar-refractivity contribution in [1.82, 2.24) is 9.80 Å². The summed E-state index contributed by atoms with van der Waals surface area (Å²) in [4.78, 5) is 5.04. The highest BCUT2D eigenvalue weighted by atomic mass is 16.5. The lowest BCUT2D eigenvalue weighted by Crippen LogP contribution is -2.52. The number of hydrogen-bond acceptors (Lipinski definition) is 3. The molecular weight excluding hydrogens is 248 g/mol. The average molecular weight is 274 g/mol. The topological polar surface area (TPSA) is 15.7 Å². The monoisotopic (exact) mass is 274 g/mol. The van der Waals surface area contributed by atoms with E-state index in [4.69, 9.17) is 4.74 Å². The summed E-state index contributed by atoms with van der Waals surface area (Å²) in [6.07, 6.45) is 4.48. The van der Waals surface area contributed by atoms with Gasteiger partial charge in [-0.25, -0.2) is 0 Å². The van der Waals surface area contributed by atoms with E-state index in [1.54, 1.807) is 7.11 Å². The van der Waals surface area contributed by atoms with Crippen molar-refractivity contribution >= 4 is 6.08 Å². The second-order valence-electron chi connectivity index (χ2n) is 5.45. The van der Waals surface area contributed by atoms with Gasteiger partial charge in [0.2, 0.25) is 0 Å². The third kappa shape index (κ3) is 4.75. The number of methoxy groups -OCH3 is 1. The maximum absolute atomic E-state index is 5.17. The van der Waals surface area contributed by atoms with E-state index in [9.17, 15) is 0 Å². The second kappa shape index (κ2) is 8.20. The fraction of sp³-hybridized carbons (Fsp3) is 0.529. The van der Waals surface area contributed by atoms with Crippen LogP contribution in [0.2, 0.25) is 0 Å². The number of ether oxygens (including phenoxy) is 1. The fourth-order valence-corrected chi connectivity index (χ4v) is 2.68. The predicted octanol–water partition coefficient (Wildman–Crippen LogP) is 2.35.